The van der Waals surface area contributed by atoms with Crippen LogP contribution in [-0.2, 0) is 36.9 Å². The molecule has 3 heterocycles. The van der Waals surface area contributed by atoms with Crippen molar-refractivity contribution in [1.29, 1.82) is 0 Å². The second kappa shape index (κ2) is 13.0. The third-order valence-electron chi connectivity index (χ3n) is 8.25. The van der Waals surface area contributed by atoms with Crippen LogP contribution in [0.4, 0.5) is 0 Å². The van der Waals surface area contributed by atoms with Gasteiger partial charge in [0.15, 0.2) is 0 Å². The molecule has 2 aromatic carbocycles. The molecule has 0 aliphatic carbocycles. The van der Waals surface area contributed by atoms with Crippen molar-refractivity contribution < 1.29 is 33.9 Å². The van der Waals surface area contributed by atoms with Gasteiger partial charge in [0.05, 0.1) is 55.9 Å². The fraction of sp³-hybridized carbons (Fsp3) is 0.613. The molecule has 2 aromatic rings. The lowest BCUT2D eigenvalue weighted by Crippen LogP contribution is -2.62. The number of ether oxygens (including phenoxy) is 5. The molecule has 0 unspecified atom stereocenters. The lowest BCUT2D eigenvalue weighted by molar-refractivity contribution is -0.299. The average Bonchev–Trinajstić information content (AvgIpc) is 3.07. The Labute approximate surface area is 226 Å². The number of aliphatic hydroxyl groups excluding tert-OH is 2. The molecule has 5 rings (SSSR count). The predicted molar refractivity (Wildman–Crippen MR) is 143 cm³/mol. The van der Waals surface area contributed by atoms with Crippen LogP contribution >= 0.6 is 0 Å². The van der Waals surface area contributed by atoms with E-state index in [4.69, 9.17) is 23.7 Å². The van der Waals surface area contributed by atoms with E-state index in [1.807, 2.05) is 36.4 Å². The van der Waals surface area contributed by atoms with Gasteiger partial charge in [0.2, 0.25) is 0 Å². The van der Waals surface area contributed by atoms with E-state index < -0.39 is 17.8 Å². The highest BCUT2D eigenvalue weighted by molar-refractivity contribution is 5.14. The molecule has 3 aliphatic rings. The van der Waals surface area contributed by atoms with Crippen LogP contribution in [0.25, 0.3) is 0 Å². The molecule has 0 aromatic heterocycles. The van der Waals surface area contributed by atoms with Crippen LogP contribution in [0.15, 0.2) is 60.7 Å². The standard InChI is InChI=1S/C31H42O7/c1-31-15-14-25(33)28(19-32)37-29(31)18-27-30(38-31)26(35-21-23-11-6-3-7-12-23)17-24(36-27)13-8-16-34-20-22-9-4-2-5-10-22/h2-7,9-12,24-30,32-33H,8,13-21H2,1H3/t24-,25+,26+,27-,28-,29+,30+,31-/m1/s1. The van der Waals surface area contributed by atoms with Crippen LogP contribution in [-0.4, -0.2) is 71.8 Å². The van der Waals surface area contributed by atoms with Crippen LogP contribution in [0.3, 0.4) is 0 Å². The Kier molecular flexibility index (Phi) is 9.49. The first-order chi connectivity index (χ1) is 18.5. The van der Waals surface area contributed by atoms with Gasteiger partial charge in [-0.05, 0) is 43.7 Å². The minimum Gasteiger partial charge on any atom is -0.394 e. The highest BCUT2D eigenvalue weighted by Crippen LogP contribution is 2.44. The van der Waals surface area contributed by atoms with E-state index in [1.165, 1.54) is 5.56 Å². The maximum Gasteiger partial charge on any atom is 0.111 e. The molecule has 0 amide bonds. The quantitative estimate of drug-likeness (QED) is 0.449. The summed E-state index contributed by atoms with van der Waals surface area (Å²) < 4.78 is 32.0. The van der Waals surface area contributed by atoms with Gasteiger partial charge >= 0.3 is 0 Å². The van der Waals surface area contributed by atoms with Gasteiger partial charge in [-0.3, -0.25) is 0 Å². The summed E-state index contributed by atoms with van der Waals surface area (Å²) in [5, 5.41) is 20.3. The van der Waals surface area contributed by atoms with Crippen molar-refractivity contribution in [3.8, 4) is 0 Å². The summed E-state index contributed by atoms with van der Waals surface area (Å²) in [6.45, 7) is 3.66. The zero-order valence-electron chi connectivity index (χ0n) is 22.3. The van der Waals surface area contributed by atoms with Crippen molar-refractivity contribution in [2.45, 2.75) is 107 Å². The fourth-order valence-corrected chi connectivity index (χ4v) is 6.01. The number of aliphatic hydroxyl groups is 2. The maximum absolute atomic E-state index is 10.5. The Morgan fingerprint density at radius 2 is 1.66 bits per heavy atom. The molecule has 7 heteroatoms. The van der Waals surface area contributed by atoms with Crippen molar-refractivity contribution in [3.05, 3.63) is 71.8 Å². The monoisotopic (exact) mass is 526 g/mol. The van der Waals surface area contributed by atoms with Gasteiger partial charge in [0, 0.05) is 19.4 Å². The minimum atomic E-state index is -0.706. The second-order valence-corrected chi connectivity index (χ2v) is 11.1. The fourth-order valence-electron chi connectivity index (χ4n) is 6.01. The summed E-state index contributed by atoms with van der Waals surface area (Å²) >= 11 is 0. The lowest BCUT2D eigenvalue weighted by Gasteiger charge is -2.52. The Balaban J connectivity index is 1.22. The molecule has 0 spiro atoms. The third kappa shape index (κ3) is 6.83. The van der Waals surface area contributed by atoms with Gasteiger partial charge in [-0.1, -0.05) is 60.7 Å². The van der Waals surface area contributed by atoms with Gasteiger partial charge < -0.3 is 33.9 Å². The molecule has 208 valence electrons. The Bertz CT molecular complexity index is 973. The maximum atomic E-state index is 10.5. The first-order valence-corrected chi connectivity index (χ1v) is 14.1. The molecule has 8 atom stereocenters. The summed E-state index contributed by atoms with van der Waals surface area (Å²) in [4.78, 5) is 0. The highest BCUT2D eigenvalue weighted by atomic mass is 16.6. The normalized spacial score (nSPS) is 35.2. The average molecular weight is 527 g/mol. The molecule has 7 nitrogen and oxygen atoms in total. The lowest BCUT2D eigenvalue weighted by atomic mass is 9.81. The summed E-state index contributed by atoms with van der Waals surface area (Å²) in [5.74, 6) is 0. The van der Waals surface area contributed by atoms with Gasteiger partial charge in [0.1, 0.15) is 12.2 Å². The first kappa shape index (κ1) is 27.7. The van der Waals surface area contributed by atoms with E-state index in [-0.39, 0.29) is 37.1 Å². The predicted octanol–water partition coefficient (Wildman–Crippen LogP) is 4.17. The number of hydrogen-bond acceptors (Lipinski definition) is 7. The first-order valence-electron chi connectivity index (χ1n) is 14.1. The Morgan fingerprint density at radius 1 is 0.947 bits per heavy atom. The highest BCUT2D eigenvalue weighted by Gasteiger charge is 2.54. The summed E-state index contributed by atoms with van der Waals surface area (Å²) in [5.41, 5.74) is 1.74. The SMILES string of the molecule is C[C@@]12CC[C@H](O)[C@@H](CO)O[C@H]1C[C@H]1O[C@H](CCCOCc3ccccc3)C[C@H](OCc3ccccc3)[C@@H]1O2. The summed E-state index contributed by atoms with van der Waals surface area (Å²) in [6, 6.07) is 20.4. The van der Waals surface area contributed by atoms with E-state index in [2.05, 4.69) is 31.2 Å². The molecule has 38 heavy (non-hydrogen) atoms. The van der Waals surface area contributed by atoms with Crippen molar-refractivity contribution in [2.75, 3.05) is 13.2 Å². The molecular formula is C31H42O7. The molecule has 0 radical (unpaired) electrons. The van der Waals surface area contributed by atoms with Crippen LogP contribution in [0.2, 0.25) is 0 Å². The molecule has 0 saturated carbocycles. The molecule has 3 saturated heterocycles. The molecule has 0 bridgehead atoms. The van der Waals surface area contributed by atoms with Crippen LogP contribution in [0.5, 0.6) is 0 Å². The summed E-state index contributed by atoms with van der Waals surface area (Å²) in [6.07, 6.45) is 2.35. The topological polar surface area (TPSA) is 86.6 Å². The van der Waals surface area contributed by atoms with Crippen LogP contribution < -0.4 is 0 Å². The van der Waals surface area contributed by atoms with Crippen molar-refractivity contribution in [3.63, 3.8) is 0 Å². The summed E-state index contributed by atoms with van der Waals surface area (Å²) in [7, 11) is 0. The van der Waals surface area contributed by atoms with E-state index in [0.29, 0.717) is 39.1 Å². The van der Waals surface area contributed by atoms with E-state index in [9.17, 15) is 10.2 Å². The Hall–Kier alpha value is -1.84. The second-order valence-electron chi connectivity index (χ2n) is 11.1. The molecule has 3 aliphatic heterocycles. The third-order valence-corrected chi connectivity index (χ3v) is 8.25. The van der Waals surface area contributed by atoms with Crippen molar-refractivity contribution in [2.24, 2.45) is 0 Å². The number of hydrogen-bond donors (Lipinski definition) is 2. The van der Waals surface area contributed by atoms with Crippen molar-refractivity contribution in [1.82, 2.24) is 0 Å². The number of rotatable bonds is 10. The molecule has 3 fully saturated rings. The van der Waals surface area contributed by atoms with E-state index in [0.717, 1.165) is 24.8 Å². The van der Waals surface area contributed by atoms with Crippen LogP contribution in [0.1, 0.15) is 56.6 Å². The molecule has 2 N–H and O–H groups in total. The zero-order valence-corrected chi connectivity index (χ0v) is 22.3. The van der Waals surface area contributed by atoms with Crippen molar-refractivity contribution >= 4 is 0 Å². The Morgan fingerprint density at radius 3 is 2.37 bits per heavy atom. The van der Waals surface area contributed by atoms with Gasteiger partial charge in [-0.15, -0.1) is 0 Å². The van der Waals surface area contributed by atoms with Gasteiger partial charge in [0.25, 0.3) is 0 Å². The van der Waals surface area contributed by atoms with E-state index in [1.54, 1.807) is 0 Å². The van der Waals surface area contributed by atoms with Crippen LogP contribution in [0, 0.1) is 0 Å². The zero-order chi connectivity index (χ0) is 26.4. The number of fused-ring (bicyclic) bond motifs is 2. The molecular weight excluding hydrogens is 484 g/mol. The van der Waals surface area contributed by atoms with Gasteiger partial charge in [-0.2, -0.15) is 0 Å². The largest absolute Gasteiger partial charge is 0.394 e. The van der Waals surface area contributed by atoms with E-state index >= 15 is 0 Å². The smallest absolute Gasteiger partial charge is 0.111 e. The number of benzene rings is 2. The minimum absolute atomic E-state index is 0.0373. The van der Waals surface area contributed by atoms with Gasteiger partial charge in [-0.25, -0.2) is 0 Å².